The number of aromatic nitrogens is 2. The Kier molecular flexibility index (Phi) is 6.20. The molecule has 32 heavy (non-hydrogen) atoms. The molecule has 4 rings (SSSR count). The van der Waals surface area contributed by atoms with Gasteiger partial charge in [0, 0.05) is 12.1 Å². The molecule has 1 fully saturated rings. The fraction of sp³-hybridized carbons (Fsp3) is 0.409. The van der Waals surface area contributed by atoms with Gasteiger partial charge in [0.15, 0.2) is 18.1 Å². The Bertz CT molecular complexity index is 1040. The Morgan fingerprint density at radius 2 is 1.78 bits per heavy atom. The van der Waals surface area contributed by atoms with Crippen LogP contribution in [0, 0.1) is 11.8 Å². The highest BCUT2D eigenvalue weighted by Gasteiger charge is 2.46. The zero-order valence-corrected chi connectivity index (χ0v) is 17.8. The van der Waals surface area contributed by atoms with Gasteiger partial charge in [-0.15, -0.1) is 0 Å². The van der Waals surface area contributed by atoms with Crippen molar-refractivity contribution in [3.63, 3.8) is 0 Å². The van der Waals surface area contributed by atoms with Crippen LogP contribution < -0.4 is 9.47 Å². The standard InChI is InChI=1S/C22H23N3O7/c1-29-16-8-7-13(11-17(16)30-2)20-23-18(32-24-20)12-31-19(26)9-10-25-21(27)14-5-3-4-6-15(14)22(25)28/h3-4,7-8,11,14-15H,5-6,9-10,12H2,1-2H3. The third kappa shape index (κ3) is 4.20. The number of benzene rings is 1. The fourth-order valence-electron chi connectivity index (χ4n) is 3.91. The van der Waals surface area contributed by atoms with Crippen LogP contribution in [0.5, 0.6) is 11.5 Å². The molecule has 2 heterocycles. The molecular weight excluding hydrogens is 418 g/mol. The highest BCUT2D eigenvalue weighted by molar-refractivity contribution is 6.05. The Labute approximate surface area is 184 Å². The second kappa shape index (κ2) is 9.21. The maximum absolute atomic E-state index is 12.4. The van der Waals surface area contributed by atoms with Gasteiger partial charge in [-0.1, -0.05) is 17.3 Å². The SMILES string of the molecule is COc1ccc(-c2noc(COC(=O)CCN3C(=O)C4CC=CCC4C3=O)n2)cc1OC. The molecule has 0 N–H and O–H groups in total. The van der Waals surface area contributed by atoms with Crippen molar-refractivity contribution in [3.05, 3.63) is 36.2 Å². The minimum Gasteiger partial charge on any atom is -0.493 e. The number of nitrogens with zero attached hydrogens (tertiary/aromatic N) is 3. The molecule has 10 nitrogen and oxygen atoms in total. The lowest BCUT2D eigenvalue weighted by Crippen LogP contribution is -2.33. The van der Waals surface area contributed by atoms with E-state index in [9.17, 15) is 14.4 Å². The number of likely N-dealkylation sites (tertiary alicyclic amines) is 1. The van der Waals surface area contributed by atoms with E-state index >= 15 is 0 Å². The summed E-state index contributed by atoms with van der Waals surface area (Å²) in [5.74, 6) is -0.0978. The number of hydrogen-bond donors (Lipinski definition) is 0. The Hall–Kier alpha value is -3.69. The van der Waals surface area contributed by atoms with Gasteiger partial charge < -0.3 is 18.7 Å². The Morgan fingerprint density at radius 1 is 1.09 bits per heavy atom. The molecule has 0 spiro atoms. The van der Waals surface area contributed by atoms with Gasteiger partial charge in [-0.05, 0) is 31.0 Å². The molecule has 2 aromatic rings. The smallest absolute Gasteiger partial charge is 0.308 e. The van der Waals surface area contributed by atoms with Crippen LogP contribution in [0.3, 0.4) is 0 Å². The number of carbonyl (C=O) groups is 3. The number of fused-ring (bicyclic) bond motifs is 1. The summed E-state index contributed by atoms with van der Waals surface area (Å²) < 4.78 is 20.8. The molecule has 2 unspecified atom stereocenters. The number of hydrogen-bond acceptors (Lipinski definition) is 9. The van der Waals surface area contributed by atoms with Crippen LogP contribution in [-0.2, 0) is 25.7 Å². The highest BCUT2D eigenvalue weighted by atomic mass is 16.6. The average molecular weight is 441 g/mol. The van der Waals surface area contributed by atoms with Crippen LogP contribution in [0.1, 0.15) is 25.2 Å². The molecule has 1 aliphatic heterocycles. The summed E-state index contributed by atoms with van der Waals surface area (Å²) in [5, 5.41) is 3.89. The molecule has 1 aliphatic carbocycles. The lowest BCUT2D eigenvalue weighted by Gasteiger charge is -2.14. The first-order valence-corrected chi connectivity index (χ1v) is 10.2. The maximum atomic E-state index is 12.4. The van der Waals surface area contributed by atoms with Crippen molar-refractivity contribution in [2.75, 3.05) is 20.8 Å². The van der Waals surface area contributed by atoms with E-state index in [0.29, 0.717) is 35.7 Å². The van der Waals surface area contributed by atoms with Crippen LogP contribution in [0.15, 0.2) is 34.9 Å². The molecule has 2 amide bonds. The summed E-state index contributed by atoms with van der Waals surface area (Å²) in [6.45, 7) is -0.208. The molecule has 0 saturated carbocycles. The number of allylic oxidation sites excluding steroid dienone is 2. The van der Waals surface area contributed by atoms with Crippen LogP contribution in [0.25, 0.3) is 11.4 Å². The zero-order chi connectivity index (χ0) is 22.7. The molecule has 1 aromatic carbocycles. The van der Waals surface area contributed by atoms with E-state index in [0.717, 1.165) is 0 Å². The van der Waals surface area contributed by atoms with Gasteiger partial charge in [0.25, 0.3) is 5.89 Å². The number of imide groups is 1. The summed E-state index contributed by atoms with van der Waals surface area (Å²) in [7, 11) is 3.06. The van der Waals surface area contributed by atoms with Crippen LogP contribution in [0.2, 0.25) is 0 Å². The van der Waals surface area contributed by atoms with Crippen molar-refractivity contribution in [2.24, 2.45) is 11.8 Å². The minimum atomic E-state index is -0.565. The van der Waals surface area contributed by atoms with Gasteiger partial charge >= 0.3 is 5.97 Å². The maximum Gasteiger partial charge on any atom is 0.308 e. The van der Waals surface area contributed by atoms with E-state index in [-0.39, 0.29) is 49.1 Å². The van der Waals surface area contributed by atoms with Gasteiger partial charge in [-0.3, -0.25) is 19.3 Å². The zero-order valence-electron chi connectivity index (χ0n) is 17.8. The molecule has 0 radical (unpaired) electrons. The molecule has 0 bridgehead atoms. The predicted molar refractivity (Wildman–Crippen MR) is 109 cm³/mol. The first-order valence-electron chi connectivity index (χ1n) is 10.2. The molecule has 1 saturated heterocycles. The van der Waals surface area contributed by atoms with Gasteiger partial charge in [0.1, 0.15) is 0 Å². The van der Waals surface area contributed by atoms with Gasteiger partial charge in [0.05, 0.1) is 32.5 Å². The number of methoxy groups -OCH3 is 2. The van der Waals surface area contributed by atoms with Crippen LogP contribution >= 0.6 is 0 Å². The average Bonchev–Trinajstić information content (AvgIpc) is 3.39. The lowest BCUT2D eigenvalue weighted by atomic mass is 9.85. The van der Waals surface area contributed by atoms with E-state index in [1.165, 1.54) is 19.1 Å². The second-order valence-electron chi connectivity index (χ2n) is 7.48. The number of ether oxygens (including phenoxy) is 3. The minimum absolute atomic E-state index is 0.00419. The van der Waals surface area contributed by atoms with Gasteiger partial charge in [-0.2, -0.15) is 4.98 Å². The largest absolute Gasteiger partial charge is 0.493 e. The van der Waals surface area contributed by atoms with Crippen molar-refractivity contribution in [2.45, 2.75) is 25.9 Å². The summed E-state index contributed by atoms with van der Waals surface area (Å²) in [5.41, 5.74) is 0.644. The van der Waals surface area contributed by atoms with E-state index in [1.54, 1.807) is 18.2 Å². The molecule has 10 heteroatoms. The fourth-order valence-corrected chi connectivity index (χ4v) is 3.91. The second-order valence-corrected chi connectivity index (χ2v) is 7.48. The summed E-state index contributed by atoms with van der Waals surface area (Å²) in [4.78, 5) is 42.4. The lowest BCUT2D eigenvalue weighted by molar-refractivity contribution is -0.147. The van der Waals surface area contributed by atoms with E-state index in [1.807, 2.05) is 12.2 Å². The first kappa shape index (κ1) is 21.5. The molecule has 1 aromatic heterocycles. The third-order valence-corrected chi connectivity index (χ3v) is 5.60. The summed E-state index contributed by atoms with van der Waals surface area (Å²) >= 11 is 0. The van der Waals surface area contributed by atoms with Crippen LogP contribution in [-0.4, -0.2) is 53.6 Å². The topological polar surface area (TPSA) is 121 Å². The number of rotatable bonds is 8. The van der Waals surface area contributed by atoms with E-state index in [4.69, 9.17) is 18.7 Å². The number of esters is 1. The van der Waals surface area contributed by atoms with E-state index in [2.05, 4.69) is 10.1 Å². The summed E-state index contributed by atoms with van der Waals surface area (Å²) in [6.07, 6.45) is 4.88. The predicted octanol–water partition coefficient (Wildman–Crippen LogP) is 2.14. The quantitative estimate of drug-likeness (QED) is 0.344. The molecular formula is C22H23N3O7. The van der Waals surface area contributed by atoms with Crippen molar-refractivity contribution < 1.29 is 33.1 Å². The van der Waals surface area contributed by atoms with Crippen molar-refractivity contribution >= 4 is 17.8 Å². The molecule has 2 aliphatic rings. The Balaban J connectivity index is 1.29. The van der Waals surface area contributed by atoms with Crippen molar-refractivity contribution in [3.8, 4) is 22.9 Å². The normalized spacial score (nSPS) is 19.8. The number of carbonyl (C=O) groups excluding carboxylic acids is 3. The third-order valence-electron chi connectivity index (χ3n) is 5.60. The molecule has 2 atom stereocenters. The van der Waals surface area contributed by atoms with Crippen molar-refractivity contribution in [1.82, 2.24) is 15.0 Å². The number of amides is 2. The van der Waals surface area contributed by atoms with E-state index < -0.39 is 5.97 Å². The highest BCUT2D eigenvalue weighted by Crippen LogP contribution is 2.35. The monoisotopic (exact) mass is 441 g/mol. The first-order chi connectivity index (χ1) is 15.5. The summed E-state index contributed by atoms with van der Waals surface area (Å²) in [6, 6.07) is 5.17. The van der Waals surface area contributed by atoms with Gasteiger partial charge in [-0.25, -0.2) is 0 Å². The van der Waals surface area contributed by atoms with Gasteiger partial charge in [0.2, 0.25) is 17.6 Å². The van der Waals surface area contributed by atoms with Crippen molar-refractivity contribution in [1.29, 1.82) is 0 Å². The van der Waals surface area contributed by atoms with Crippen LogP contribution in [0.4, 0.5) is 0 Å². The Morgan fingerprint density at radius 3 is 2.44 bits per heavy atom. The molecule has 168 valence electrons.